The van der Waals surface area contributed by atoms with Crippen LogP contribution in [0.5, 0.6) is 11.5 Å². The zero-order chi connectivity index (χ0) is 16.8. The van der Waals surface area contributed by atoms with Crippen LogP contribution in [0.15, 0.2) is 60.2 Å². The van der Waals surface area contributed by atoms with Gasteiger partial charge in [-0.3, -0.25) is 4.79 Å². The zero-order valence-corrected chi connectivity index (χ0v) is 13.3. The summed E-state index contributed by atoms with van der Waals surface area (Å²) in [5.41, 5.74) is 2.53. The maximum Gasteiger partial charge on any atom is 0.189 e. The zero-order valence-electron chi connectivity index (χ0n) is 13.3. The molecule has 0 fully saturated rings. The molecule has 0 spiro atoms. The lowest BCUT2D eigenvalue weighted by Gasteiger charge is -2.09. The number of carbonyl (C=O) groups excluding carboxylic acids is 1. The Balaban J connectivity index is 2.29. The van der Waals surface area contributed by atoms with E-state index in [2.05, 4.69) is 0 Å². The van der Waals surface area contributed by atoms with Crippen LogP contribution in [-0.4, -0.2) is 16.0 Å². The Morgan fingerprint density at radius 2 is 1.74 bits per heavy atom. The molecule has 0 atom stereocenters. The Kier molecular flexibility index (Phi) is 5.36. The molecule has 2 rings (SSSR count). The van der Waals surface area contributed by atoms with Gasteiger partial charge in [-0.05, 0) is 44.0 Å². The molecule has 0 aliphatic rings. The quantitative estimate of drug-likeness (QED) is 0.485. The summed E-state index contributed by atoms with van der Waals surface area (Å²) in [5, 5.41) is 20.2. The van der Waals surface area contributed by atoms with Gasteiger partial charge in [0.05, 0.1) is 5.56 Å². The van der Waals surface area contributed by atoms with Crippen molar-refractivity contribution in [2.75, 3.05) is 0 Å². The first-order valence-electron chi connectivity index (χ1n) is 7.43. The molecule has 2 aromatic carbocycles. The Labute approximate surface area is 136 Å². The van der Waals surface area contributed by atoms with Crippen LogP contribution in [0.3, 0.4) is 0 Å². The number of carbonyl (C=O) groups is 1. The number of hydrogen-bond donors (Lipinski definition) is 2. The van der Waals surface area contributed by atoms with Gasteiger partial charge in [0, 0.05) is 5.56 Å². The molecule has 2 N–H and O–H groups in total. The number of allylic oxidation sites excluding steroid dienone is 3. The highest BCUT2D eigenvalue weighted by Gasteiger charge is 2.15. The van der Waals surface area contributed by atoms with Gasteiger partial charge in [0.2, 0.25) is 0 Å². The summed E-state index contributed by atoms with van der Waals surface area (Å²) in [6, 6.07) is 12.3. The Morgan fingerprint density at radius 3 is 2.39 bits per heavy atom. The second kappa shape index (κ2) is 7.45. The van der Waals surface area contributed by atoms with Crippen LogP contribution in [-0.2, 0) is 6.42 Å². The fraction of sp³-hybridized carbons (Fsp3) is 0.150. The third-order valence-corrected chi connectivity index (χ3v) is 3.46. The number of phenolic OH excluding ortho intramolecular Hbond substituents is 2. The molecule has 0 bridgehead atoms. The smallest absolute Gasteiger partial charge is 0.189 e. The minimum atomic E-state index is -0.301. The molecule has 0 aliphatic heterocycles. The van der Waals surface area contributed by atoms with Gasteiger partial charge >= 0.3 is 0 Å². The van der Waals surface area contributed by atoms with E-state index in [0.717, 1.165) is 11.1 Å². The van der Waals surface area contributed by atoms with Gasteiger partial charge in [-0.2, -0.15) is 0 Å². The highest BCUT2D eigenvalue weighted by atomic mass is 16.3. The minimum absolute atomic E-state index is 0.0106. The summed E-state index contributed by atoms with van der Waals surface area (Å²) in [6.07, 6.45) is 5.39. The third kappa shape index (κ3) is 4.33. The van der Waals surface area contributed by atoms with Gasteiger partial charge in [0.25, 0.3) is 0 Å². The average Bonchev–Trinajstić information content (AvgIpc) is 2.53. The summed E-state index contributed by atoms with van der Waals surface area (Å²) < 4.78 is 0. The first-order chi connectivity index (χ1) is 11.0. The highest BCUT2D eigenvalue weighted by molar-refractivity contribution is 6.09. The molecule has 23 heavy (non-hydrogen) atoms. The fourth-order valence-electron chi connectivity index (χ4n) is 2.16. The first kappa shape index (κ1) is 16.6. The van der Waals surface area contributed by atoms with Crippen molar-refractivity contribution in [1.29, 1.82) is 0 Å². The standard InChI is InChI=1S/C20H20O3/c1-14(2)8-10-16-19(22)13-11-17(20(16)23)18(21)12-9-15-6-4-3-5-7-15/h3-9,11-13,22-23H,10H2,1-2H3/b12-9+. The molecule has 0 heterocycles. The van der Waals surface area contributed by atoms with Crippen LogP contribution in [0, 0.1) is 0 Å². The highest BCUT2D eigenvalue weighted by Crippen LogP contribution is 2.32. The van der Waals surface area contributed by atoms with E-state index < -0.39 is 0 Å². The summed E-state index contributed by atoms with van der Waals surface area (Å²) in [4.78, 5) is 12.3. The van der Waals surface area contributed by atoms with E-state index in [0.29, 0.717) is 12.0 Å². The summed E-state index contributed by atoms with van der Waals surface area (Å²) >= 11 is 0. The molecule has 0 radical (unpaired) electrons. The summed E-state index contributed by atoms with van der Waals surface area (Å²) in [5.74, 6) is -0.474. The van der Waals surface area contributed by atoms with Gasteiger partial charge < -0.3 is 10.2 Å². The van der Waals surface area contributed by atoms with E-state index in [4.69, 9.17) is 0 Å². The number of benzene rings is 2. The van der Waals surface area contributed by atoms with Gasteiger partial charge in [-0.25, -0.2) is 0 Å². The molecule has 3 nitrogen and oxygen atoms in total. The molecule has 118 valence electrons. The monoisotopic (exact) mass is 308 g/mol. The van der Waals surface area contributed by atoms with Crippen LogP contribution in [0.25, 0.3) is 6.08 Å². The first-order valence-corrected chi connectivity index (χ1v) is 7.43. The molecule has 0 saturated carbocycles. The van der Waals surface area contributed by atoms with Crippen molar-refractivity contribution in [3.8, 4) is 11.5 Å². The van der Waals surface area contributed by atoms with Crippen LogP contribution in [0.4, 0.5) is 0 Å². The predicted octanol–water partition coefficient (Wildman–Crippen LogP) is 4.50. The van der Waals surface area contributed by atoms with Crippen molar-refractivity contribution in [3.63, 3.8) is 0 Å². The van der Waals surface area contributed by atoms with Crippen molar-refractivity contribution in [1.82, 2.24) is 0 Å². The Morgan fingerprint density at radius 1 is 1.04 bits per heavy atom. The minimum Gasteiger partial charge on any atom is -0.508 e. The largest absolute Gasteiger partial charge is 0.508 e. The van der Waals surface area contributed by atoms with Gasteiger partial charge in [-0.15, -0.1) is 0 Å². The van der Waals surface area contributed by atoms with Crippen LogP contribution < -0.4 is 0 Å². The van der Waals surface area contributed by atoms with Gasteiger partial charge in [0.1, 0.15) is 11.5 Å². The van der Waals surface area contributed by atoms with E-state index in [9.17, 15) is 15.0 Å². The molecular formula is C20H20O3. The lowest BCUT2D eigenvalue weighted by molar-refractivity contribution is 0.104. The second-order valence-corrected chi connectivity index (χ2v) is 5.55. The molecule has 3 heteroatoms. The number of phenols is 2. The Bertz CT molecular complexity index is 752. The maximum absolute atomic E-state index is 12.3. The lowest BCUT2D eigenvalue weighted by atomic mass is 10.0. The van der Waals surface area contributed by atoms with E-state index in [1.165, 1.54) is 18.2 Å². The van der Waals surface area contributed by atoms with Crippen molar-refractivity contribution in [3.05, 3.63) is 76.9 Å². The fourth-order valence-corrected chi connectivity index (χ4v) is 2.16. The SMILES string of the molecule is CC(C)=CCc1c(O)ccc(C(=O)/C=C/c2ccccc2)c1O. The van der Waals surface area contributed by atoms with E-state index >= 15 is 0 Å². The van der Waals surface area contributed by atoms with Crippen LogP contribution in [0.1, 0.15) is 35.3 Å². The topological polar surface area (TPSA) is 57.5 Å². The van der Waals surface area contributed by atoms with Gasteiger partial charge in [0.15, 0.2) is 5.78 Å². The van der Waals surface area contributed by atoms with Crippen LogP contribution >= 0.6 is 0 Å². The van der Waals surface area contributed by atoms with E-state index in [1.807, 2.05) is 50.3 Å². The Hall–Kier alpha value is -2.81. The predicted molar refractivity (Wildman–Crippen MR) is 92.7 cm³/mol. The normalized spacial score (nSPS) is 10.7. The molecule has 0 aromatic heterocycles. The molecule has 2 aromatic rings. The van der Waals surface area contributed by atoms with E-state index in [-0.39, 0.29) is 22.8 Å². The molecule has 0 aliphatic carbocycles. The maximum atomic E-state index is 12.3. The molecule has 0 saturated heterocycles. The lowest BCUT2D eigenvalue weighted by Crippen LogP contribution is -1.98. The number of rotatable bonds is 5. The molecule has 0 amide bonds. The van der Waals surface area contributed by atoms with Crippen molar-refractivity contribution in [2.24, 2.45) is 0 Å². The number of hydrogen-bond acceptors (Lipinski definition) is 3. The molecule has 0 unspecified atom stereocenters. The summed E-state index contributed by atoms with van der Waals surface area (Å²) in [6.45, 7) is 3.87. The van der Waals surface area contributed by atoms with Gasteiger partial charge in [-0.1, -0.05) is 48.1 Å². The average molecular weight is 308 g/mol. The van der Waals surface area contributed by atoms with Crippen LogP contribution in [0.2, 0.25) is 0 Å². The van der Waals surface area contributed by atoms with E-state index in [1.54, 1.807) is 6.08 Å². The second-order valence-electron chi connectivity index (χ2n) is 5.55. The van der Waals surface area contributed by atoms with Crippen molar-refractivity contribution in [2.45, 2.75) is 20.3 Å². The molecular weight excluding hydrogens is 288 g/mol. The van der Waals surface area contributed by atoms with Crippen molar-refractivity contribution < 1.29 is 15.0 Å². The number of ketones is 1. The summed E-state index contributed by atoms with van der Waals surface area (Å²) in [7, 11) is 0. The number of aromatic hydroxyl groups is 2. The van der Waals surface area contributed by atoms with Crippen molar-refractivity contribution >= 4 is 11.9 Å². The third-order valence-electron chi connectivity index (χ3n) is 3.46.